The van der Waals surface area contributed by atoms with Crippen molar-refractivity contribution >= 4 is 0 Å². The summed E-state index contributed by atoms with van der Waals surface area (Å²) in [5.74, 6) is 1.52. The van der Waals surface area contributed by atoms with Gasteiger partial charge in [-0.05, 0) is 42.0 Å². The Morgan fingerprint density at radius 1 is 0.947 bits per heavy atom. The van der Waals surface area contributed by atoms with E-state index in [2.05, 4.69) is 68.4 Å². The molecule has 0 heterocycles. The smallest absolute Gasteiger partial charge is 0.119 e. The van der Waals surface area contributed by atoms with Crippen LogP contribution in [0.25, 0.3) is 0 Å². The van der Waals surface area contributed by atoms with Gasteiger partial charge in [0.05, 0.1) is 6.61 Å². The van der Waals surface area contributed by atoms with Crippen molar-refractivity contribution in [2.24, 2.45) is 0 Å². The van der Waals surface area contributed by atoms with Crippen LogP contribution in [0.15, 0.2) is 54.6 Å². The van der Waals surface area contributed by atoms with Gasteiger partial charge < -0.3 is 4.74 Å². The lowest BCUT2D eigenvalue weighted by Crippen LogP contribution is -1.99. The number of benzene rings is 2. The Morgan fingerprint density at radius 3 is 2.26 bits per heavy atom. The van der Waals surface area contributed by atoms with E-state index in [4.69, 9.17) is 4.74 Å². The Hall–Kier alpha value is -1.76. The highest BCUT2D eigenvalue weighted by Gasteiger charge is 2.06. The van der Waals surface area contributed by atoms with Gasteiger partial charge in [0.1, 0.15) is 5.75 Å². The Morgan fingerprint density at radius 2 is 1.63 bits per heavy atom. The van der Waals surface area contributed by atoms with E-state index in [0.29, 0.717) is 5.92 Å². The highest BCUT2D eigenvalue weighted by Crippen LogP contribution is 2.21. The van der Waals surface area contributed by atoms with E-state index in [1.54, 1.807) is 0 Å². The normalized spacial score (nSPS) is 12.1. The molecule has 0 saturated heterocycles. The predicted octanol–water partition coefficient (Wildman–Crippen LogP) is 4.82. The van der Waals surface area contributed by atoms with Crippen molar-refractivity contribution in [1.82, 2.24) is 0 Å². The first-order valence-corrected chi connectivity index (χ1v) is 7.06. The van der Waals surface area contributed by atoms with Crippen molar-refractivity contribution in [3.05, 3.63) is 65.7 Å². The van der Waals surface area contributed by atoms with Gasteiger partial charge in [0.25, 0.3) is 0 Å². The van der Waals surface area contributed by atoms with Gasteiger partial charge in [-0.15, -0.1) is 0 Å². The van der Waals surface area contributed by atoms with Crippen LogP contribution in [-0.4, -0.2) is 6.61 Å². The summed E-state index contributed by atoms with van der Waals surface area (Å²) in [6.07, 6.45) is 2.12. The lowest BCUT2D eigenvalue weighted by molar-refractivity contribution is 0.317. The Balaban J connectivity index is 1.96. The minimum absolute atomic E-state index is 0.545. The van der Waals surface area contributed by atoms with Crippen LogP contribution in [0.5, 0.6) is 5.75 Å². The molecule has 0 aliphatic carbocycles. The number of ether oxygens (including phenoxy) is 1. The summed E-state index contributed by atoms with van der Waals surface area (Å²) in [6.45, 7) is 5.19. The van der Waals surface area contributed by atoms with Crippen LogP contribution in [0.1, 0.15) is 37.3 Å². The molecule has 1 unspecified atom stereocenters. The van der Waals surface area contributed by atoms with Gasteiger partial charge in [-0.1, -0.05) is 56.3 Å². The molecule has 0 aromatic heterocycles. The van der Waals surface area contributed by atoms with Crippen molar-refractivity contribution in [3.63, 3.8) is 0 Å². The summed E-state index contributed by atoms with van der Waals surface area (Å²) in [7, 11) is 0. The van der Waals surface area contributed by atoms with Crippen molar-refractivity contribution in [3.8, 4) is 5.75 Å². The van der Waals surface area contributed by atoms with Gasteiger partial charge in [-0.2, -0.15) is 0 Å². The Labute approximate surface area is 116 Å². The van der Waals surface area contributed by atoms with E-state index in [9.17, 15) is 0 Å². The first kappa shape index (κ1) is 13.7. The molecule has 0 fully saturated rings. The van der Waals surface area contributed by atoms with E-state index in [1.807, 2.05) is 0 Å². The fourth-order valence-electron chi connectivity index (χ4n) is 2.19. The third kappa shape index (κ3) is 4.13. The van der Waals surface area contributed by atoms with Gasteiger partial charge in [0.2, 0.25) is 0 Å². The molecule has 1 heteroatoms. The third-order valence-corrected chi connectivity index (χ3v) is 3.31. The molecule has 0 saturated carbocycles. The molecule has 0 N–H and O–H groups in total. The topological polar surface area (TPSA) is 9.23 Å². The maximum Gasteiger partial charge on any atom is 0.119 e. The van der Waals surface area contributed by atoms with Gasteiger partial charge in [0, 0.05) is 0 Å². The predicted molar refractivity (Wildman–Crippen MR) is 80.8 cm³/mol. The fourth-order valence-corrected chi connectivity index (χ4v) is 2.19. The number of hydrogen-bond donors (Lipinski definition) is 0. The monoisotopic (exact) mass is 254 g/mol. The molecule has 100 valence electrons. The average Bonchev–Trinajstić information content (AvgIpc) is 2.47. The highest BCUT2D eigenvalue weighted by molar-refractivity contribution is 5.29. The summed E-state index contributed by atoms with van der Waals surface area (Å²) < 4.78 is 5.60. The molecule has 2 aromatic rings. The second-order valence-electron chi connectivity index (χ2n) is 5.01. The van der Waals surface area contributed by atoms with Crippen LogP contribution in [-0.2, 0) is 6.42 Å². The number of rotatable bonds is 6. The maximum atomic E-state index is 5.60. The SMILES string of the molecule is CCCOc1ccc(CC(C)c2ccccc2)cc1. The minimum Gasteiger partial charge on any atom is -0.494 e. The van der Waals surface area contributed by atoms with Gasteiger partial charge in [-0.3, -0.25) is 0 Å². The van der Waals surface area contributed by atoms with E-state index >= 15 is 0 Å². The molecule has 2 aromatic carbocycles. The van der Waals surface area contributed by atoms with Crippen molar-refractivity contribution in [2.45, 2.75) is 32.6 Å². The van der Waals surface area contributed by atoms with Crippen LogP contribution >= 0.6 is 0 Å². The molecule has 0 spiro atoms. The van der Waals surface area contributed by atoms with E-state index in [1.165, 1.54) is 11.1 Å². The van der Waals surface area contributed by atoms with E-state index in [0.717, 1.165) is 25.2 Å². The van der Waals surface area contributed by atoms with Crippen LogP contribution in [0.2, 0.25) is 0 Å². The largest absolute Gasteiger partial charge is 0.494 e. The molecule has 0 aliphatic rings. The van der Waals surface area contributed by atoms with Crippen LogP contribution < -0.4 is 4.74 Å². The average molecular weight is 254 g/mol. The molecular formula is C18H22O. The van der Waals surface area contributed by atoms with Crippen molar-refractivity contribution in [2.75, 3.05) is 6.61 Å². The zero-order valence-electron chi connectivity index (χ0n) is 11.8. The summed E-state index contributed by atoms with van der Waals surface area (Å²) >= 11 is 0. The van der Waals surface area contributed by atoms with E-state index < -0.39 is 0 Å². The molecule has 1 nitrogen and oxygen atoms in total. The summed E-state index contributed by atoms with van der Waals surface area (Å²) in [5, 5.41) is 0. The lowest BCUT2D eigenvalue weighted by Gasteiger charge is -2.12. The molecule has 0 bridgehead atoms. The molecule has 2 rings (SSSR count). The summed E-state index contributed by atoms with van der Waals surface area (Å²) in [4.78, 5) is 0. The van der Waals surface area contributed by atoms with Gasteiger partial charge in [0.15, 0.2) is 0 Å². The highest BCUT2D eigenvalue weighted by atomic mass is 16.5. The zero-order chi connectivity index (χ0) is 13.5. The Bertz CT molecular complexity index is 473. The molecule has 0 radical (unpaired) electrons. The van der Waals surface area contributed by atoms with Crippen molar-refractivity contribution in [1.29, 1.82) is 0 Å². The standard InChI is InChI=1S/C18H22O/c1-3-13-19-18-11-9-16(10-12-18)14-15(2)17-7-5-4-6-8-17/h4-12,15H,3,13-14H2,1-2H3. The maximum absolute atomic E-state index is 5.60. The zero-order valence-corrected chi connectivity index (χ0v) is 11.8. The third-order valence-electron chi connectivity index (χ3n) is 3.31. The van der Waals surface area contributed by atoms with Crippen LogP contribution in [0, 0.1) is 0 Å². The summed E-state index contributed by atoms with van der Waals surface area (Å²) in [5.41, 5.74) is 2.76. The van der Waals surface area contributed by atoms with Crippen LogP contribution in [0.3, 0.4) is 0 Å². The molecule has 0 aliphatic heterocycles. The Kier molecular flexibility index (Phi) is 5.02. The van der Waals surface area contributed by atoms with Gasteiger partial charge >= 0.3 is 0 Å². The minimum atomic E-state index is 0.545. The first-order chi connectivity index (χ1) is 9.29. The molecular weight excluding hydrogens is 232 g/mol. The molecule has 1 atom stereocenters. The second kappa shape index (κ2) is 6.98. The summed E-state index contributed by atoms with van der Waals surface area (Å²) in [6, 6.07) is 19.2. The van der Waals surface area contributed by atoms with Crippen LogP contribution in [0.4, 0.5) is 0 Å². The number of hydrogen-bond acceptors (Lipinski definition) is 1. The molecule has 19 heavy (non-hydrogen) atoms. The van der Waals surface area contributed by atoms with E-state index in [-0.39, 0.29) is 0 Å². The van der Waals surface area contributed by atoms with Crippen molar-refractivity contribution < 1.29 is 4.74 Å². The fraction of sp³-hybridized carbons (Fsp3) is 0.333. The van der Waals surface area contributed by atoms with Gasteiger partial charge in [-0.25, -0.2) is 0 Å². The lowest BCUT2D eigenvalue weighted by atomic mass is 9.94. The quantitative estimate of drug-likeness (QED) is 0.718. The first-order valence-electron chi connectivity index (χ1n) is 7.06. The second-order valence-corrected chi connectivity index (χ2v) is 5.01. The molecule has 0 amide bonds.